The number of hydrogen-bond donors (Lipinski definition) is 2. The third-order valence-corrected chi connectivity index (χ3v) is 3.56. The third kappa shape index (κ3) is 4.29. The molecule has 0 bridgehead atoms. The summed E-state index contributed by atoms with van der Waals surface area (Å²) in [5.41, 5.74) is 0.640. The van der Waals surface area contributed by atoms with Gasteiger partial charge in [0.15, 0.2) is 0 Å². The van der Waals surface area contributed by atoms with Crippen LogP contribution in [-0.2, 0) is 0 Å². The van der Waals surface area contributed by atoms with Gasteiger partial charge in [0.25, 0.3) is 5.91 Å². The standard InChI is InChI=1S/C12H13BrN4OS/c1-8-16-12(19-17-8)15-6-5-14-11(18)9-3-2-4-10(13)7-9/h2-4,7H,5-6H2,1H3,(H,14,18)(H,15,16,17). The van der Waals surface area contributed by atoms with E-state index in [1.807, 2.05) is 19.1 Å². The molecule has 1 heterocycles. The van der Waals surface area contributed by atoms with Gasteiger partial charge < -0.3 is 10.6 Å². The van der Waals surface area contributed by atoms with E-state index in [0.29, 0.717) is 18.7 Å². The van der Waals surface area contributed by atoms with Crippen LogP contribution in [0.5, 0.6) is 0 Å². The molecular weight excluding hydrogens is 328 g/mol. The number of anilines is 1. The summed E-state index contributed by atoms with van der Waals surface area (Å²) in [7, 11) is 0. The number of halogens is 1. The zero-order chi connectivity index (χ0) is 13.7. The van der Waals surface area contributed by atoms with Gasteiger partial charge in [-0.15, -0.1) is 0 Å². The van der Waals surface area contributed by atoms with Crippen LogP contribution < -0.4 is 10.6 Å². The van der Waals surface area contributed by atoms with Gasteiger partial charge in [-0.05, 0) is 25.1 Å². The monoisotopic (exact) mass is 340 g/mol. The highest BCUT2D eigenvalue weighted by atomic mass is 79.9. The van der Waals surface area contributed by atoms with Gasteiger partial charge in [0.2, 0.25) is 5.13 Å². The van der Waals surface area contributed by atoms with E-state index in [1.165, 1.54) is 11.5 Å². The van der Waals surface area contributed by atoms with Crippen LogP contribution >= 0.6 is 27.5 Å². The highest BCUT2D eigenvalue weighted by molar-refractivity contribution is 9.10. The van der Waals surface area contributed by atoms with Crippen LogP contribution in [0.4, 0.5) is 5.13 Å². The van der Waals surface area contributed by atoms with E-state index < -0.39 is 0 Å². The van der Waals surface area contributed by atoms with Crippen molar-refractivity contribution >= 4 is 38.5 Å². The van der Waals surface area contributed by atoms with Crippen molar-refractivity contribution in [3.05, 3.63) is 40.1 Å². The van der Waals surface area contributed by atoms with Crippen molar-refractivity contribution in [3.8, 4) is 0 Å². The third-order valence-electron chi connectivity index (χ3n) is 2.30. The largest absolute Gasteiger partial charge is 0.359 e. The fraction of sp³-hybridized carbons (Fsp3) is 0.250. The summed E-state index contributed by atoms with van der Waals surface area (Å²) < 4.78 is 4.95. The molecule has 0 unspecified atom stereocenters. The molecular formula is C12H13BrN4OS. The molecule has 19 heavy (non-hydrogen) atoms. The topological polar surface area (TPSA) is 66.9 Å². The second kappa shape index (κ2) is 6.63. The normalized spacial score (nSPS) is 10.2. The molecule has 0 radical (unpaired) electrons. The van der Waals surface area contributed by atoms with E-state index >= 15 is 0 Å². The maximum atomic E-state index is 11.8. The minimum absolute atomic E-state index is 0.0865. The van der Waals surface area contributed by atoms with Crippen molar-refractivity contribution in [2.75, 3.05) is 18.4 Å². The van der Waals surface area contributed by atoms with Gasteiger partial charge in [-0.2, -0.15) is 4.37 Å². The molecule has 5 nitrogen and oxygen atoms in total. The second-order valence-electron chi connectivity index (χ2n) is 3.84. The first-order chi connectivity index (χ1) is 9.15. The van der Waals surface area contributed by atoms with Crippen LogP contribution in [0.3, 0.4) is 0 Å². The first-order valence-corrected chi connectivity index (χ1v) is 7.30. The quantitative estimate of drug-likeness (QED) is 0.820. The smallest absolute Gasteiger partial charge is 0.251 e. The Kier molecular flexibility index (Phi) is 4.86. The number of benzene rings is 1. The van der Waals surface area contributed by atoms with Gasteiger partial charge >= 0.3 is 0 Å². The van der Waals surface area contributed by atoms with Gasteiger partial charge in [0, 0.05) is 34.7 Å². The Balaban J connectivity index is 1.75. The zero-order valence-electron chi connectivity index (χ0n) is 10.3. The molecule has 1 aromatic heterocycles. The van der Waals surface area contributed by atoms with Crippen LogP contribution in [0, 0.1) is 6.92 Å². The van der Waals surface area contributed by atoms with Crippen molar-refractivity contribution in [2.24, 2.45) is 0 Å². The molecule has 0 saturated carbocycles. The lowest BCUT2D eigenvalue weighted by molar-refractivity contribution is 0.0955. The Morgan fingerprint density at radius 2 is 2.26 bits per heavy atom. The van der Waals surface area contributed by atoms with Crippen LogP contribution in [0.15, 0.2) is 28.7 Å². The summed E-state index contributed by atoms with van der Waals surface area (Å²) in [5, 5.41) is 6.71. The van der Waals surface area contributed by atoms with Gasteiger partial charge in [-0.3, -0.25) is 4.79 Å². The Morgan fingerprint density at radius 3 is 2.95 bits per heavy atom. The summed E-state index contributed by atoms with van der Waals surface area (Å²) in [6.45, 7) is 3.00. The van der Waals surface area contributed by atoms with Crippen molar-refractivity contribution in [1.29, 1.82) is 0 Å². The summed E-state index contributed by atoms with van der Waals surface area (Å²) in [6.07, 6.45) is 0. The molecule has 2 N–H and O–H groups in total. The van der Waals surface area contributed by atoms with E-state index in [-0.39, 0.29) is 5.91 Å². The molecule has 0 aliphatic heterocycles. The first kappa shape index (κ1) is 14.0. The predicted molar refractivity (Wildman–Crippen MR) is 79.6 cm³/mol. The van der Waals surface area contributed by atoms with Gasteiger partial charge in [-0.1, -0.05) is 22.0 Å². The zero-order valence-corrected chi connectivity index (χ0v) is 12.7. The molecule has 7 heteroatoms. The number of rotatable bonds is 5. The Bertz CT molecular complexity index is 572. The maximum absolute atomic E-state index is 11.8. The molecule has 0 aliphatic rings. The fourth-order valence-electron chi connectivity index (χ4n) is 1.45. The maximum Gasteiger partial charge on any atom is 0.251 e. The van der Waals surface area contributed by atoms with E-state index in [9.17, 15) is 4.79 Å². The molecule has 0 spiro atoms. The van der Waals surface area contributed by atoms with E-state index in [4.69, 9.17) is 0 Å². The molecule has 1 aromatic carbocycles. The molecule has 0 saturated heterocycles. The highest BCUT2D eigenvalue weighted by Crippen LogP contribution is 2.11. The molecule has 0 atom stereocenters. The molecule has 100 valence electrons. The van der Waals surface area contributed by atoms with Gasteiger partial charge in [0.05, 0.1) is 0 Å². The predicted octanol–water partition coefficient (Wildman–Crippen LogP) is 2.45. The number of nitrogens with zero attached hydrogens (tertiary/aromatic N) is 2. The number of aromatic nitrogens is 2. The Labute approximate surface area is 123 Å². The summed E-state index contributed by atoms with van der Waals surface area (Å²) in [5.74, 6) is 0.669. The molecule has 2 aromatic rings. The molecule has 0 aliphatic carbocycles. The Morgan fingerprint density at radius 1 is 1.42 bits per heavy atom. The Hall–Kier alpha value is -1.47. The van der Waals surface area contributed by atoms with Crippen molar-refractivity contribution < 1.29 is 4.79 Å². The van der Waals surface area contributed by atoms with Crippen molar-refractivity contribution in [1.82, 2.24) is 14.7 Å². The SMILES string of the molecule is Cc1nsc(NCCNC(=O)c2cccc(Br)c2)n1. The van der Waals surface area contributed by atoms with Crippen LogP contribution in [-0.4, -0.2) is 28.4 Å². The second-order valence-corrected chi connectivity index (χ2v) is 5.51. The lowest BCUT2D eigenvalue weighted by atomic mass is 10.2. The minimum Gasteiger partial charge on any atom is -0.359 e. The number of carbonyl (C=O) groups is 1. The summed E-state index contributed by atoms with van der Waals surface area (Å²) in [4.78, 5) is 16.0. The van der Waals surface area contributed by atoms with Crippen LogP contribution in [0.2, 0.25) is 0 Å². The number of carbonyl (C=O) groups excluding carboxylic acids is 1. The lowest BCUT2D eigenvalue weighted by Crippen LogP contribution is -2.28. The number of nitrogens with one attached hydrogen (secondary N) is 2. The molecule has 0 fully saturated rings. The molecule has 2 rings (SSSR count). The summed E-state index contributed by atoms with van der Waals surface area (Å²) in [6, 6.07) is 7.29. The van der Waals surface area contributed by atoms with Crippen molar-refractivity contribution in [2.45, 2.75) is 6.92 Å². The van der Waals surface area contributed by atoms with E-state index in [0.717, 1.165) is 15.4 Å². The van der Waals surface area contributed by atoms with Crippen LogP contribution in [0.25, 0.3) is 0 Å². The van der Waals surface area contributed by atoms with Crippen molar-refractivity contribution in [3.63, 3.8) is 0 Å². The van der Waals surface area contributed by atoms with Crippen LogP contribution in [0.1, 0.15) is 16.2 Å². The summed E-state index contributed by atoms with van der Waals surface area (Å²) >= 11 is 4.65. The lowest BCUT2D eigenvalue weighted by Gasteiger charge is -2.06. The molecule has 1 amide bonds. The minimum atomic E-state index is -0.0865. The van der Waals surface area contributed by atoms with Gasteiger partial charge in [-0.25, -0.2) is 4.98 Å². The average molecular weight is 341 g/mol. The number of hydrogen-bond acceptors (Lipinski definition) is 5. The van der Waals surface area contributed by atoms with E-state index in [2.05, 4.69) is 35.9 Å². The van der Waals surface area contributed by atoms with E-state index in [1.54, 1.807) is 12.1 Å². The number of amides is 1. The highest BCUT2D eigenvalue weighted by Gasteiger charge is 2.05. The fourth-order valence-corrected chi connectivity index (χ4v) is 2.44. The van der Waals surface area contributed by atoms with Gasteiger partial charge in [0.1, 0.15) is 5.82 Å². The average Bonchev–Trinajstić information content (AvgIpc) is 2.80. The number of aryl methyl sites for hydroxylation is 1. The first-order valence-electron chi connectivity index (χ1n) is 5.73.